The van der Waals surface area contributed by atoms with Crippen LogP contribution in [-0.4, -0.2) is 40.8 Å². The number of piperidine rings is 1. The number of nitrogens with one attached hydrogen (secondary N) is 1. The second-order valence-electron chi connectivity index (χ2n) is 8.25. The number of hydrogen-bond donors (Lipinski definition) is 1. The maximum atomic E-state index is 12.7. The Morgan fingerprint density at radius 2 is 1.81 bits per heavy atom. The number of aryl methyl sites for hydroxylation is 2. The van der Waals surface area contributed by atoms with E-state index in [1.165, 1.54) is 5.56 Å². The SMILES string of the molecule is COc1ccccc1NC(=O)C1CCN(Cc2ccc(-n3nc(C)cc3C)cc2)CC1. The molecule has 3 aromatic rings. The summed E-state index contributed by atoms with van der Waals surface area (Å²) >= 11 is 0. The highest BCUT2D eigenvalue weighted by molar-refractivity contribution is 5.94. The van der Waals surface area contributed by atoms with Gasteiger partial charge < -0.3 is 10.1 Å². The third-order valence-corrected chi connectivity index (χ3v) is 5.92. The standard InChI is InChI=1S/C25H30N4O2/c1-18-16-19(2)29(27-18)22-10-8-20(9-11-22)17-28-14-12-21(13-15-28)25(30)26-23-6-4-5-7-24(23)31-3/h4-11,16,21H,12-15,17H2,1-3H3,(H,26,30). The zero-order valence-electron chi connectivity index (χ0n) is 18.5. The topological polar surface area (TPSA) is 59.4 Å². The normalized spacial score (nSPS) is 15.1. The van der Waals surface area contributed by atoms with Gasteiger partial charge in [0, 0.05) is 18.2 Å². The van der Waals surface area contributed by atoms with E-state index in [2.05, 4.69) is 52.6 Å². The van der Waals surface area contributed by atoms with E-state index in [0.29, 0.717) is 5.75 Å². The molecule has 0 bridgehead atoms. The van der Waals surface area contributed by atoms with Crippen molar-refractivity contribution in [2.75, 3.05) is 25.5 Å². The summed E-state index contributed by atoms with van der Waals surface area (Å²) in [7, 11) is 1.62. The van der Waals surface area contributed by atoms with Gasteiger partial charge in [-0.3, -0.25) is 9.69 Å². The summed E-state index contributed by atoms with van der Waals surface area (Å²) in [4.78, 5) is 15.1. The lowest BCUT2D eigenvalue weighted by Gasteiger charge is -2.31. The van der Waals surface area contributed by atoms with Crippen LogP contribution in [0.25, 0.3) is 5.69 Å². The monoisotopic (exact) mass is 418 g/mol. The Morgan fingerprint density at radius 3 is 2.45 bits per heavy atom. The number of ether oxygens (including phenoxy) is 1. The van der Waals surface area contributed by atoms with Crippen LogP contribution in [0.5, 0.6) is 5.75 Å². The molecule has 0 spiro atoms. The molecule has 0 atom stereocenters. The van der Waals surface area contributed by atoms with Crippen LogP contribution in [0.3, 0.4) is 0 Å². The summed E-state index contributed by atoms with van der Waals surface area (Å²) in [6.07, 6.45) is 1.73. The lowest BCUT2D eigenvalue weighted by Crippen LogP contribution is -2.37. The molecule has 0 radical (unpaired) electrons. The summed E-state index contributed by atoms with van der Waals surface area (Å²) in [5.74, 6) is 0.810. The van der Waals surface area contributed by atoms with E-state index >= 15 is 0 Å². The minimum Gasteiger partial charge on any atom is -0.495 e. The van der Waals surface area contributed by atoms with E-state index in [1.807, 2.05) is 35.9 Å². The van der Waals surface area contributed by atoms with Crippen LogP contribution in [0.15, 0.2) is 54.6 Å². The van der Waals surface area contributed by atoms with E-state index in [-0.39, 0.29) is 11.8 Å². The fraction of sp³-hybridized carbons (Fsp3) is 0.360. The smallest absolute Gasteiger partial charge is 0.227 e. The Kier molecular flexibility index (Phi) is 6.37. The van der Waals surface area contributed by atoms with Gasteiger partial charge in [-0.15, -0.1) is 0 Å². The summed E-state index contributed by atoms with van der Waals surface area (Å²) < 4.78 is 7.31. The van der Waals surface area contributed by atoms with Crippen LogP contribution >= 0.6 is 0 Å². The molecule has 0 aliphatic carbocycles. The van der Waals surface area contributed by atoms with Crippen molar-refractivity contribution < 1.29 is 9.53 Å². The molecule has 1 saturated heterocycles. The largest absolute Gasteiger partial charge is 0.495 e. The number of methoxy groups -OCH3 is 1. The molecule has 162 valence electrons. The van der Waals surface area contributed by atoms with Gasteiger partial charge in [0.25, 0.3) is 0 Å². The van der Waals surface area contributed by atoms with Crippen molar-refractivity contribution in [1.82, 2.24) is 14.7 Å². The molecule has 1 aromatic heterocycles. The first-order valence-electron chi connectivity index (χ1n) is 10.8. The lowest BCUT2D eigenvalue weighted by atomic mass is 9.95. The van der Waals surface area contributed by atoms with Crippen molar-refractivity contribution in [3.8, 4) is 11.4 Å². The molecule has 1 amide bonds. The average Bonchev–Trinajstić information content (AvgIpc) is 3.13. The van der Waals surface area contributed by atoms with Crippen molar-refractivity contribution in [3.05, 3.63) is 71.5 Å². The third kappa shape index (κ3) is 4.97. The van der Waals surface area contributed by atoms with Crippen LogP contribution in [-0.2, 0) is 11.3 Å². The highest BCUT2D eigenvalue weighted by Crippen LogP contribution is 2.26. The zero-order chi connectivity index (χ0) is 21.8. The number of rotatable bonds is 6. The van der Waals surface area contributed by atoms with Crippen LogP contribution in [0.2, 0.25) is 0 Å². The molecule has 1 N–H and O–H groups in total. The number of nitrogens with zero attached hydrogens (tertiary/aromatic N) is 3. The number of aromatic nitrogens is 2. The number of carbonyl (C=O) groups excluding carboxylic acids is 1. The summed E-state index contributed by atoms with van der Waals surface area (Å²) in [5, 5.41) is 7.58. The molecule has 31 heavy (non-hydrogen) atoms. The van der Waals surface area contributed by atoms with Crippen molar-refractivity contribution >= 4 is 11.6 Å². The van der Waals surface area contributed by atoms with Crippen LogP contribution < -0.4 is 10.1 Å². The quantitative estimate of drug-likeness (QED) is 0.647. The number of amides is 1. The van der Waals surface area contributed by atoms with Gasteiger partial charge in [0.15, 0.2) is 0 Å². The van der Waals surface area contributed by atoms with E-state index in [9.17, 15) is 4.79 Å². The minimum atomic E-state index is 0.0366. The molecular formula is C25H30N4O2. The fourth-order valence-corrected chi connectivity index (χ4v) is 4.23. The summed E-state index contributed by atoms with van der Waals surface area (Å²) in [6.45, 7) is 6.82. The molecule has 6 nitrogen and oxygen atoms in total. The predicted molar refractivity (Wildman–Crippen MR) is 123 cm³/mol. The predicted octanol–water partition coefficient (Wildman–Crippen LogP) is 4.35. The second kappa shape index (κ2) is 9.35. The first-order valence-corrected chi connectivity index (χ1v) is 10.8. The highest BCUT2D eigenvalue weighted by Gasteiger charge is 2.25. The Labute approximate surface area is 183 Å². The van der Waals surface area contributed by atoms with Crippen LogP contribution in [0.4, 0.5) is 5.69 Å². The fourth-order valence-electron chi connectivity index (χ4n) is 4.23. The van der Waals surface area contributed by atoms with Crippen molar-refractivity contribution in [1.29, 1.82) is 0 Å². The van der Waals surface area contributed by atoms with Gasteiger partial charge >= 0.3 is 0 Å². The summed E-state index contributed by atoms with van der Waals surface area (Å²) in [6, 6.07) is 18.2. The Bertz CT molecular complexity index is 1030. The summed E-state index contributed by atoms with van der Waals surface area (Å²) in [5.41, 5.74) is 5.27. The molecule has 0 saturated carbocycles. The molecule has 2 heterocycles. The van der Waals surface area contributed by atoms with E-state index in [4.69, 9.17) is 4.74 Å². The Balaban J connectivity index is 1.30. The number of hydrogen-bond acceptors (Lipinski definition) is 4. The first-order chi connectivity index (χ1) is 15.0. The molecular weight excluding hydrogens is 388 g/mol. The Hall–Kier alpha value is -3.12. The van der Waals surface area contributed by atoms with Gasteiger partial charge in [-0.25, -0.2) is 4.68 Å². The van der Waals surface area contributed by atoms with Gasteiger partial charge in [-0.05, 0) is 75.7 Å². The number of benzene rings is 2. The second-order valence-corrected chi connectivity index (χ2v) is 8.25. The van der Waals surface area contributed by atoms with Gasteiger partial charge in [0.2, 0.25) is 5.91 Å². The molecule has 1 aliphatic heterocycles. The number of para-hydroxylation sites is 2. The maximum Gasteiger partial charge on any atom is 0.227 e. The van der Waals surface area contributed by atoms with E-state index < -0.39 is 0 Å². The molecule has 4 rings (SSSR count). The van der Waals surface area contributed by atoms with Crippen LogP contribution in [0.1, 0.15) is 29.8 Å². The first kappa shape index (κ1) is 21.1. The number of likely N-dealkylation sites (tertiary alicyclic amines) is 1. The lowest BCUT2D eigenvalue weighted by molar-refractivity contribution is -0.121. The van der Waals surface area contributed by atoms with E-state index in [0.717, 1.165) is 55.2 Å². The van der Waals surface area contributed by atoms with Gasteiger partial charge in [0.1, 0.15) is 5.75 Å². The zero-order valence-corrected chi connectivity index (χ0v) is 18.5. The minimum absolute atomic E-state index is 0.0366. The average molecular weight is 419 g/mol. The number of carbonyl (C=O) groups is 1. The molecule has 6 heteroatoms. The Morgan fingerprint density at radius 1 is 1.10 bits per heavy atom. The van der Waals surface area contributed by atoms with Crippen molar-refractivity contribution in [2.45, 2.75) is 33.2 Å². The third-order valence-electron chi connectivity index (χ3n) is 5.92. The molecule has 1 aliphatic rings. The van der Waals surface area contributed by atoms with Crippen LogP contribution in [0, 0.1) is 19.8 Å². The maximum absolute atomic E-state index is 12.7. The van der Waals surface area contributed by atoms with Crippen molar-refractivity contribution in [3.63, 3.8) is 0 Å². The van der Waals surface area contributed by atoms with Gasteiger partial charge in [-0.2, -0.15) is 5.10 Å². The molecule has 0 unspecified atom stereocenters. The van der Waals surface area contributed by atoms with E-state index in [1.54, 1.807) is 7.11 Å². The molecule has 1 fully saturated rings. The van der Waals surface area contributed by atoms with Crippen molar-refractivity contribution in [2.24, 2.45) is 5.92 Å². The van der Waals surface area contributed by atoms with Gasteiger partial charge in [0.05, 0.1) is 24.2 Å². The van der Waals surface area contributed by atoms with Gasteiger partial charge in [-0.1, -0.05) is 24.3 Å². The molecule has 2 aromatic carbocycles. The highest BCUT2D eigenvalue weighted by atomic mass is 16.5. The number of anilines is 1.